The summed E-state index contributed by atoms with van der Waals surface area (Å²) < 4.78 is 28.9. The maximum absolute atomic E-state index is 13.1. The Morgan fingerprint density at radius 2 is 1.96 bits per heavy atom. The summed E-state index contributed by atoms with van der Waals surface area (Å²) in [6.45, 7) is 5.67. The summed E-state index contributed by atoms with van der Waals surface area (Å²) in [6.07, 6.45) is 0. The zero-order chi connectivity index (χ0) is 20.3. The third kappa shape index (κ3) is 4.57. The molecule has 0 saturated heterocycles. The van der Waals surface area contributed by atoms with Crippen LogP contribution in [0.25, 0.3) is 11.0 Å². The van der Waals surface area contributed by atoms with Gasteiger partial charge in [0, 0.05) is 23.1 Å². The van der Waals surface area contributed by atoms with E-state index in [1.54, 1.807) is 6.07 Å². The molecule has 2 aromatic carbocycles. The molecule has 5 nitrogen and oxygen atoms in total. The van der Waals surface area contributed by atoms with E-state index in [-0.39, 0.29) is 19.0 Å². The van der Waals surface area contributed by atoms with Crippen molar-refractivity contribution in [2.75, 3.05) is 6.61 Å². The van der Waals surface area contributed by atoms with Crippen LogP contribution >= 0.6 is 0 Å². The van der Waals surface area contributed by atoms with Gasteiger partial charge in [-0.3, -0.25) is 0 Å². The number of halogens is 1. The molecule has 0 amide bonds. The minimum Gasteiger partial charge on any atom is -0.482 e. The van der Waals surface area contributed by atoms with E-state index in [0.29, 0.717) is 17.1 Å². The lowest BCUT2D eigenvalue weighted by Crippen LogP contribution is -2.15. The minimum absolute atomic E-state index is 0.0892. The summed E-state index contributed by atoms with van der Waals surface area (Å²) in [5, 5.41) is 0.729. The predicted octanol–water partition coefficient (Wildman–Crippen LogP) is 4.49. The fraction of sp³-hybridized carbons (Fsp3) is 0.273. The molecule has 6 heteroatoms. The molecular weight excluding hydrogens is 363 g/mol. The van der Waals surface area contributed by atoms with Crippen LogP contribution in [0, 0.1) is 12.7 Å². The van der Waals surface area contributed by atoms with Crippen LogP contribution in [0.2, 0.25) is 0 Å². The van der Waals surface area contributed by atoms with E-state index >= 15 is 0 Å². The van der Waals surface area contributed by atoms with E-state index in [4.69, 9.17) is 13.9 Å². The van der Waals surface area contributed by atoms with Gasteiger partial charge in [0.2, 0.25) is 0 Å². The number of carbonyl (C=O) groups excluding carboxylic acids is 1. The predicted molar refractivity (Wildman–Crippen MR) is 103 cm³/mol. The Morgan fingerprint density at radius 1 is 1.18 bits per heavy atom. The zero-order valence-corrected chi connectivity index (χ0v) is 16.0. The largest absolute Gasteiger partial charge is 0.482 e. The van der Waals surface area contributed by atoms with Crippen molar-refractivity contribution in [1.82, 2.24) is 0 Å². The van der Waals surface area contributed by atoms with E-state index in [1.165, 1.54) is 24.3 Å². The molecule has 3 rings (SSSR count). The number of fused-ring (bicyclic) bond motifs is 1. The molecule has 0 fully saturated rings. The standard InChI is InChI=1S/C22H21FO5/c1-13(2)18-10-19-15(8-21(24)28-20(19)7-14(18)3)11-27-22(25)12-26-17-6-4-5-16(23)9-17/h4-10,13H,11-12H2,1-3H3. The van der Waals surface area contributed by atoms with Crippen molar-refractivity contribution in [2.24, 2.45) is 0 Å². The van der Waals surface area contributed by atoms with Crippen LogP contribution in [-0.4, -0.2) is 12.6 Å². The van der Waals surface area contributed by atoms with Crippen LogP contribution in [0.4, 0.5) is 4.39 Å². The van der Waals surface area contributed by atoms with E-state index in [1.807, 2.05) is 19.1 Å². The molecule has 0 spiro atoms. The molecule has 0 bridgehead atoms. The summed E-state index contributed by atoms with van der Waals surface area (Å²) in [5.74, 6) is -0.544. The fourth-order valence-electron chi connectivity index (χ4n) is 3.03. The SMILES string of the molecule is Cc1cc2oc(=O)cc(COC(=O)COc3cccc(F)c3)c2cc1C(C)C. The van der Waals surface area contributed by atoms with Gasteiger partial charge < -0.3 is 13.9 Å². The highest BCUT2D eigenvalue weighted by Gasteiger charge is 2.13. The van der Waals surface area contributed by atoms with Gasteiger partial charge >= 0.3 is 11.6 Å². The quantitative estimate of drug-likeness (QED) is 0.463. The normalized spacial score (nSPS) is 11.0. The number of carbonyl (C=O) groups is 1. The van der Waals surface area contributed by atoms with Crippen LogP contribution in [0.5, 0.6) is 5.75 Å². The Balaban J connectivity index is 1.75. The molecule has 1 heterocycles. The van der Waals surface area contributed by atoms with Gasteiger partial charge in [-0.15, -0.1) is 0 Å². The summed E-state index contributed by atoms with van der Waals surface area (Å²) in [6, 6.07) is 10.6. The van der Waals surface area contributed by atoms with E-state index in [9.17, 15) is 14.0 Å². The zero-order valence-electron chi connectivity index (χ0n) is 16.0. The van der Waals surface area contributed by atoms with Gasteiger partial charge in [-0.05, 0) is 48.2 Å². The molecule has 0 aliphatic heterocycles. The molecule has 3 aromatic rings. The first-order chi connectivity index (χ1) is 13.3. The molecule has 146 valence electrons. The average Bonchev–Trinajstić information content (AvgIpc) is 2.63. The number of aryl methyl sites for hydroxylation is 1. The van der Waals surface area contributed by atoms with Crippen LogP contribution in [-0.2, 0) is 16.1 Å². The van der Waals surface area contributed by atoms with Gasteiger partial charge in [0.15, 0.2) is 6.61 Å². The van der Waals surface area contributed by atoms with Gasteiger partial charge in [-0.2, -0.15) is 0 Å². The average molecular weight is 384 g/mol. The van der Waals surface area contributed by atoms with Gasteiger partial charge in [0.25, 0.3) is 0 Å². The molecule has 0 aliphatic carbocycles. The maximum atomic E-state index is 13.1. The topological polar surface area (TPSA) is 65.7 Å². The third-order valence-corrected chi connectivity index (χ3v) is 4.38. The van der Waals surface area contributed by atoms with Crippen molar-refractivity contribution in [3.05, 3.63) is 75.4 Å². The number of hydrogen-bond acceptors (Lipinski definition) is 5. The van der Waals surface area contributed by atoms with E-state index in [0.717, 1.165) is 16.5 Å². The number of hydrogen-bond donors (Lipinski definition) is 0. The molecule has 0 N–H and O–H groups in total. The lowest BCUT2D eigenvalue weighted by atomic mass is 9.95. The molecule has 28 heavy (non-hydrogen) atoms. The minimum atomic E-state index is -0.623. The van der Waals surface area contributed by atoms with Gasteiger partial charge in [0.1, 0.15) is 23.8 Å². The van der Waals surface area contributed by atoms with Crippen molar-refractivity contribution < 1.29 is 23.1 Å². The smallest absolute Gasteiger partial charge is 0.344 e. The second-order valence-corrected chi connectivity index (χ2v) is 6.86. The van der Waals surface area contributed by atoms with Crippen molar-refractivity contribution in [1.29, 1.82) is 0 Å². The van der Waals surface area contributed by atoms with Crippen LogP contribution in [0.15, 0.2) is 51.7 Å². The molecular formula is C22H21FO5. The number of ether oxygens (including phenoxy) is 2. The lowest BCUT2D eigenvalue weighted by Gasteiger charge is -2.13. The summed E-state index contributed by atoms with van der Waals surface area (Å²) >= 11 is 0. The first-order valence-corrected chi connectivity index (χ1v) is 8.94. The third-order valence-electron chi connectivity index (χ3n) is 4.38. The van der Waals surface area contributed by atoms with Crippen LogP contribution in [0.3, 0.4) is 0 Å². The summed E-state index contributed by atoms with van der Waals surface area (Å²) in [5.41, 5.74) is 2.67. The van der Waals surface area contributed by atoms with Crippen molar-refractivity contribution in [3.63, 3.8) is 0 Å². The second kappa shape index (κ2) is 8.25. The lowest BCUT2D eigenvalue weighted by molar-refractivity contribution is -0.147. The molecule has 0 atom stereocenters. The van der Waals surface area contributed by atoms with Gasteiger partial charge in [-0.1, -0.05) is 19.9 Å². The molecule has 0 aliphatic rings. The fourth-order valence-corrected chi connectivity index (χ4v) is 3.03. The highest BCUT2D eigenvalue weighted by Crippen LogP contribution is 2.27. The monoisotopic (exact) mass is 384 g/mol. The Bertz CT molecular complexity index is 1070. The van der Waals surface area contributed by atoms with Gasteiger partial charge in [-0.25, -0.2) is 14.0 Å². The Morgan fingerprint density at radius 3 is 2.68 bits per heavy atom. The summed E-state index contributed by atoms with van der Waals surface area (Å²) in [7, 11) is 0. The Hall–Kier alpha value is -3.15. The number of benzene rings is 2. The van der Waals surface area contributed by atoms with Crippen molar-refractivity contribution in [2.45, 2.75) is 33.3 Å². The Kier molecular flexibility index (Phi) is 5.78. The molecule has 0 radical (unpaired) electrons. The highest BCUT2D eigenvalue weighted by molar-refractivity contribution is 5.82. The highest BCUT2D eigenvalue weighted by atomic mass is 19.1. The van der Waals surface area contributed by atoms with Crippen molar-refractivity contribution in [3.8, 4) is 5.75 Å². The maximum Gasteiger partial charge on any atom is 0.344 e. The van der Waals surface area contributed by atoms with E-state index in [2.05, 4.69) is 13.8 Å². The molecule has 0 saturated carbocycles. The van der Waals surface area contributed by atoms with Gasteiger partial charge in [0.05, 0.1) is 0 Å². The van der Waals surface area contributed by atoms with Crippen LogP contribution < -0.4 is 10.4 Å². The Labute approximate surface area is 161 Å². The molecule has 0 unspecified atom stereocenters. The number of esters is 1. The second-order valence-electron chi connectivity index (χ2n) is 6.86. The van der Waals surface area contributed by atoms with E-state index < -0.39 is 17.4 Å². The van der Waals surface area contributed by atoms with Crippen LogP contribution in [0.1, 0.15) is 36.5 Å². The summed E-state index contributed by atoms with van der Waals surface area (Å²) in [4.78, 5) is 23.8. The molecule has 1 aromatic heterocycles. The number of rotatable bonds is 6. The van der Waals surface area contributed by atoms with Crippen molar-refractivity contribution >= 4 is 16.9 Å². The first-order valence-electron chi connectivity index (χ1n) is 8.94. The first kappa shape index (κ1) is 19.6.